The Balaban J connectivity index is 1.95. The van der Waals surface area contributed by atoms with Crippen LogP contribution in [0.4, 0.5) is 4.39 Å². The third kappa shape index (κ3) is 2.38. The minimum Gasteiger partial charge on any atom is -0.310 e. The summed E-state index contributed by atoms with van der Waals surface area (Å²) >= 11 is 0. The second-order valence-electron chi connectivity index (χ2n) is 4.95. The number of fused-ring (bicyclic) bond motifs is 1. The quantitative estimate of drug-likeness (QED) is 0.909. The molecule has 0 spiro atoms. The number of aryl methyl sites for hydroxylation is 1. The Kier molecular flexibility index (Phi) is 3.30. The Morgan fingerprint density at radius 3 is 2.95 bits per heavy atom. The lowest BCUT2D eigenvalue weighted by Crippen LogP contribution is -2.18. The van der Waals surface area contributed by atoms with Gasteiger partial charge >= 0.3 is 0 Å². The number of hydrogen-bond acceptors (Lipinski definition) is 2. The third-order valence-electron chi connectivity index (χ3n) is 3.71. The standard InChI is InChI=1S/C16H17FN2/c1-2-19-16-6-4-12-7-11(3-5-15(12)16)13-8-14(17)10-18-9-13/h3,5,7-10,16,19H,2,4,6H2,1H3. The summed E-state index contributed by atoms with van der Waals surface area (Å²) in [5.41, 5.74) is 4.64. The fraction of sp³-hybridized carbons (Fsp3) is 0.312. The first-order valence-electron chi connectivity index (χ1n) is 6.75. The summed E-state index contributed by atoms with van der Waals surface area (Å²) < 4.78 is 13.2. The number of nitrogens with one attached hydrogen (secondary N) is 1. The predicted molar refractivity (Wildman–Crippen MR) is 74.4 cm³/mol. The van der Waals surface area contributed by atoms with Crippen molar-refractivity contribution in [1.82, 2.24) is 10.3 Å². The van der Waals surface area contributed by atoms with Crippen LogP contribution in [0.3, 0.4) is 0 Å². The summed E-state index contributed by atoms with van der Waals surface area (Å²) in [5, 5.41) is 3.50. The summed E-state index contributed by atoms with van der Waals surface area (Å²) in [7, 11) is 0. The van der Waals surface area contributed by atoms with Gasteiger partial charge in [0.1, 0.15) is 5.82 Å². The number of pyridine rings is 1. The molecule has 1 unspecified atom stereocenters. The average molecular weight is 256 g/mol. The van der Waals surface area contributed by atoms with E-state index in [2.05, 4.69) is 35.4 Å². The highest BCUT2D eigenvalue weighted by atomic mass is 19.1. The molecule has 2 nitrogen and oxygen atoms in total. The molecule has 1 aliphatic carbocycles. The fourth-order valence-electron chi connectivity index (χ4n) is 2.83. The van der Waals surface area contributed by atoms with Gasteiger partial charge in [-0.2, -0.15) is 0 Å². The number of hydrogen-bond donors (Lipinski definition) is 1. The van der Waals surface area contributed by atoms with Gasteiger partial charge in [0, 0.05) is 17.8 Å². The Morgan fingerprint density at radius 2 is 2.16 bits per heavy atom. The molecule has 1 N–H and O–H groups in total. The second kappa shape index (κ2) is 5.10. The van der Waals surface area contributed by atoms with Crippen LogP contribution in [0.25, 0.3) is 11.1 Å². The van der Waals surface area contributed by atoms with Gasteiger partial charge in [-0.3, -0.25) is 4.98 Å². The van der Waals surface area contributed by atoms with Crippen molar-refractivity contribution < 1.29 is 4.39 Å². The number of rotatable bonds is 3. The fourth-order valence-corrected chi connectivity index (χ4v) is 2.83. The summed E-state index contributed by atoms with van der Waals surface area (Å²) in [6.07, 6.45) is 5.18. The summed E-state index contributed by atoms with van der Waals surface area (Å²) in [4.78, 5) is 3.91. The number of halogens is 1. The molecule has 0 bridgehead atoms. The number of aromatic nitrogens is 1. The molecular weight excluding hydrogens is 239 g/mol. The van der Waals surface area contributed by atoms with Crippen LogP contribution in [0, 0.1) is 5.82 Å². The van der Waals surface area contributed by atoms with Crippen molar-refractivity contribution >= 4 is 0 Å². The van der Waals surface area contributed by atoms with E-state index in [4.69, 9.17) is 0 Å². The summed E-state index contributed by atoms with van der Waals surface area (Å²) in [5.74, 6) is -0.288. The van der Waals surface area contributed by atoms with Gasteiger partial charge in [0.05, 0.1) is 6.20 Å². The molecule has 2 aromatic rings. The molecule has 1 aromatic heterocycles. The second-order valence-corrected chi connectivity index (χ2v) is 4.95. The molecule has 1 aliphatic rings. The maximum Gasteiger partial charge on any atom is 0.142 e. The largest absolute Gasteiger partial charge is 0.310 e. The molecule has 19 heavy (non-hydrogen) atoms. The Morgan fingerprint density at radius 1 is 1.26 bits per heavy atom. The molecule has 0 fully saturated rings. The topological polar surface area (TPSA) is 24.9 Å². The monoisotopic (exact) mass is 256 g/mol. The van der Waals surface area contributed by atoms with Crippen molar-refractivity contribution in [2.45, 2.75) is 25.8 Å². The van der Waals surface area contributed by atoms with Crippen LogP contribution in [-0.2, 0) is 6.42 Å². The highest BCUT2D eigenvalue weighted by Gasteiger charge is 2.21. The molecule has 98 valence electrons. The van der Waals surface area contributed by atoms with Gasteiger partial charge in [-0.05, 0) is 42.1 Å². The van der Waals surface area contributed by atoms with E-state index in [-0.39, 0.29) is 5.82 Å². The molecular formula is C16H17FN2. The van der Waals surface area contributed by atoms with Gasteiger partial charge in [-0.15, -0.1) is 0 Å². The lowest BCUT2D eigenvalue weighted by molar-refractivity contribution is 0.549. The van der Waals surface area contributed by atoms with Crippen LogP contribution in [0.15, 0.2) is 36.7 Å². The first-order chi connectivity index (χ1) is 9.28. The van der Waals surface area contributed by atoms with Gasteiger partial charge in [-0.25, -0.2) is 4.39 Å². The highest BCUT2D eigenvalue weighted by molar-refractivity contribution is 5.64. The molecule has 1 heterocycles. The number of nitrogens with zero attached hydrogens (tertiary/aromatic N) is 1. The Hall–Kier alpha value is -1.74. The normalized spacial score (nSPS) is 17.5. The lowest BCUT2D eigenvalue weighted by Gasteiger charge is -2.12. The van der Waals surface area contributed by atoms with Crippen molar-refractivity contribution in [1.29, 1.82) is 0 Å². The van der Waals surface area contributed by atoms with Crippen molar-refractivity contribution in [3.63, 3.8) is 0 Å². The van der Waals surface area contributed by atoms with Crippen molar-refractivity contribution in [3.05, 3.63) is 53.6 Å². The smallest absolute Gasteiger partial charge is 0.142 e. The minimum atomic E-state index is -0.288. The van der Waals surface area contributed by atoms with Gasteiger partial charge < -0.3 is 5.32 Å². The van der Waals surface area contributed by atoms with E-state index >= 15 is 0 Å². The van der Waals surface area contributed by atoms with Crippen LogP contribution in [0.5, 0.6) is 0 Å². The van der Waals surface area contributed by atoms with Crippen LogP contribution >= 0.6 is 0 Å². The zero-order valence-electron chi connectivity index (χ0n) is 11.0. The predicted octanol–water partition coefficient (Wildman–Crippen LogP) is 3.48. The zero-order valence-corrected chi connectivity index (χ0v) is 11.0. The van der Waals surface area contributed by atoms with Crippen molar-refractivity contribution in [3.8, 4) is 11.1 Å². The van der Waals surface area contributed by atoms with E-state index in [0.717, 1.165) is 30.5 Å². The molecule has 0 radical (unpaired) electrons. The highest BCUT2D eigenvalue weighted by Crippen LogP contribution is 2.34. The molecule has 0 saturated heterocycles. The lowest BCUT2D eigenvalue weighted by atomic mass is 10.0. The van der Waals surface area contributed by atoms with Gasteiger partial charge in [0.15, 0.2) is 0 Å². The molecule has 1 atom stereocenters. The summed E-state index contributed by atoms with van der Waals surface area (Å²) in [6.45, 7) is 3.12. The minimum absolute atomic E-state index is 0.288. The first-order valence-corrected chi connectivity index (χ1v) is 6.75. The van der Waals surface area contributed by atoms with E-state index < -0.39 is 0 Å². The van der Waals surface area contributed by atoms with E-state index in [1.54, 1.807) is 6.20 Å². The maximum atomic E-state index is 13.2. The van der Waals surface area contributed by atoms with Crippen LogP contribution in [0.2, 0.25) is 0 Å². The Labute approximate surface area is 112 Å². The average Bonchev–Trinajstić information content (AvgIpc) is 2.82. The van der Waals surface area contributed by atoms with E-state index in [1.165, 1.54) is 23.4 Å². The molecule has 3 heteroatoms. The molecule has 1 aromatic carbocycles. The molecule has 3 rings (SSSR count). The van der Waals surface area contributed by atoms with E-state index in [0.29, 0.717) is 6.04 Å². The van der Waals surface area contributed by atoms with Gasteiger partial charge in [0.25, 0.3) is 0 Å². The maximum absolute atomic E-state index is 13.2. The number of benzene rings is 1. The van der Waals surface area contributed by atoms with Crippen LogP contribution in [0.1, 0.15) is 30.5 Å². The van der Waals surface area contributed by atoms with E-state index in [1.807, 2.05) is 0 Å². The van der Waals surface area contributed by atoms with Crippen molar-refractivity contribution in [2.24, 2.45) is 0 Å². The molecule has 0 amide bonds. The van der Waals surface area contributed by atoms with E-state index in [9.17, 15) is 4.39 Å². The van der Waals surface area contributed by atoms with Crippen LogP contribution < -0.4 is 5.32 Å². The zero-order chi connectivity index (χ0) is 13.2. The van der Waals surface area contributed by atoms with Gasteiger partial charge in [-0.1, -0.05) is 25.1 Å². The van der Waals surface area contributed by atoms with Crippen LogP contribution in [-0.4, -0.2) is 11.5 Å². The SMILES string of the molecule is CCNC1CCc2cc(-c3cncc(F)c3)ccc21. The molecule has 0 aliphatic heterocycles. The first kappa shape index (κ1) is 12.3. The molecule has 0 saturated carbocycles. The van der Waals surface area contributed by atoms with Crippen molar-refractivity contribution in [2.75, 3.05) is 6.54 Å². The van der Waals surface area contributed by atoms with Gasteiger partial charge in [0.2, 0.25) is 0 Å². The third-order valence-corrected chi connectivity index (χ3v) is 3.71. The summed E-state index contributed by atoms with van der Waals surface area (Å²) in [6, 6.07) is 8.40. The Bertz CT molecular complexity index is 595.